The third-order valence-corrected chi connectivity index (χ3v) is 3.18. The van der Waals surface area contributed by atoms with E-state index in [0.717, 1.165) is 22.8 Å². The summed E-state index contributed by atoms with van der Waals surface area (Å²) < 4.78 is 0. The van der Waals surface area contributed by atoms with Gasteiger partial charge in [0.15, 0.2) is 0 Å². The summed E-state index contributed by atoms with van der Waals surface area (Å²) in [6.45, 7) is 2.06. The number of thiazole rings is 1. The van der Waals surface area contributed by atoms with Crippen LogP contribution in [0.5, 0.6) is 0 Å². The predicted octanol–water partition coefficient (Wildman–Crippen LogP) is 2.61. The van der Waals surface area contributed by atoms with E-state index in [1.54, 1.807) is 17.5 Å². The molecule has 15 heavy (non-hydrogen) atoms. The van der Waals surface area contributed by atoms with Crippen molar-refractivity contribution in [3.05, 3.63) is 34.8 Å². The lowest BCUT2D eigenvalue weighted by atomic mass is 10.2. The Labute approximate surface area is 93.0 Å². The van der Waals surface area contributed by atoms with Gasteiger partial charge in [0.25, 0.3) is 0 Å². The van der Waals surface area contributed by atoms with E-state index < -0.39 is 0 Å². The molecule has 0 spiro atoms. The maximum atomic E-state index is 5.91. The number of nitrogens with zero attached hydrogens (tertiary/aromatic N) is 2. The van der Waals surface area contributed by atoms with Gasteiger partial charge in [0.2, 0.25) is 0 Å². The van der Waals surface area contributed by atoms with Crippen molar-refractivity contribution in [3.63, 3.8) is 0 Å². The highest BCUT2D eigenvalue weighted by molar-refractivity contribution is 7.10. The molecule has 0 saturated heterocycles. The van der Waals surface area contributed by atoms with Crippen LogP contribution in [-0.2, 0) is 0 Å². The molecule has 1 unspecified atom stereocenters. The van der Waals surface area contributed by atoms with Crippen LogP contribution in [0.25, 0.3) is 11.4 Å². The fourth-order valence-corrected chi connectivity index (χ4v) is 2.16. The molecule has 0 bridgehead atoms. The second kappa shape index (κ2) is 4.51. The summed E-state index contributed by atoms with van der Waals surface area (Å²) in [6.07, 6.45) is 2.68. The molecule has 0 fully saturated rings. The lowest BCUT2D eigenvalue weighted by molar-refractivity contribution is 0.693. The molecule has 2 aromatic rings. The quantitative estimate of drug-likeness (QED) is 0.863. The molecule has 0 aliphatic carbocycles. The summed E-state index contributed by atoms with van der Waals surface area (Å²) in [5.41, 5.74) is 7.74. The standard InChI is InChI=1S/C11H13N3S/c1-2-8(12)11-14-10(7-15-11)9-5-3-4-6-13-9/h3-8H,2,12H2,1H3. The minimum atomic E-state index is 0.0486. The van der Waals surface area contributed by atoms with Crippen molar-refractivity contribution in [2.45, 2.75) is 19.4 Å². The summed E-state index contributed by atoms with van der Waals surface area (Å²) in [5, 5.41) is 2.99. The minimum Gasteiger partial charge on any atom is -0.322 e. The lowest BCUT2D eigenvalue weighted by Crippen LogP contribution is -2.07. The van der Waals surface area contributed by atoms with Crippen LogP contribution < -0.4 is 5.73 Å². The Balaban J connectivity index is 2.28. The normalized spacial score (nSPS) is 12.7. The highest BCUT2D eigenvalue weighted by Crippen LogP contribution is 2.24. The molecule has 0 aromatic carbocycles. The van der Waals surface area contributed by atoms with Gasteiger partial charge in [0.1, 0.15) is 5.01 Å². The molecule has 2 heterocycles. The van der Waals surface area contributed by atoms with Crippen molar-refractivity contribution in [1.82, 2.24) is 9.97 Å². The Morgan fingerprint density at radius 3 is 2.93 bits per heavy atom. The van der Waals surface area contributed by atoms with Crippen molar-refractivity contribution < 1.29 is 0 Å². The molecule has 0 saturated carbocycles. The first-order chi connectivity index (χ1) is 7.31. The van der Waals surface area contributed by atoms with Crippen molar-refractivity contribution in [2.75, 3.05) is 0 Å². The van der Waals surface area contributed by atoms with Gasteiger partial charge in [-0.2, -0.15) is 0 Å². The zero-order valence-corrected chi connectivity index (χ0v) is 9.37. The number of pyridine rings is 1. The monoisotopic (exact) mass is 219 g/mol. The summed E-state index contributed by atoms with van der Waals surface area (Å²) in [7, 11) is 0. The second-order valence-corrected chi connectivity index (χ2v) is 4.19. The number of nitrogens with two attached hydrogens (primary N) is 1. The highest BCUT2D eigenvalue weighted by atomic mass is 32.1. The molecule has 0 radical (unpaired) electrons. The largest absolute Gasteiger partial charge is 0.322 e. The van der Waals surface area contributed by atoms with E-state index >= 15 is 0 Å². The number of hydrogen-bond acceptors (Lipinski definition) is 4. The first-order valence-electron chi connectivity index (χ1n) is 4.93. The topological polar surface area (TPSA) is 51.8 Å². The number of rotatable bonds is 3. The minimum absolute atomic E-state index is 0.0486. The third-order valence-electron chi connectivity index (χ3n) is 2.21. The van der Waals surface area contributed by atoms with Crippen molar-refractivity contribution in [2.24, 2.45) is 5.73 Å². The van der Waals surface area contributed by atoms with Gasteiger partial charge in [-0.15, -0.1) is 11.3 Å². The van der Waals surface area contributed by atoms with E-state index in [2.05, 4.69) is 16.9 Å². The predicted molar refractivity (Wildman–Crippen MR) is 62.6 cm³/mol. The molecule has 2 aromatic heterocycles. The van der Waals surface area contributed by atoms with Crippen LogP contribution in [0.1, 0.15) is 24.4 Å². The molecular formula is C11H13N3S. The summed E-state index contributed by atoms with van der Waals surface area (Å²) >= 11 is 1.60. The van der Waals surface area contributed by atoms with Gasteiger partial charge in [-0.1, -0.05) is 13.0 Å². The Morgan fingerprint density at radius 2 is 2.27 bits per heavy atom. The zero-order chi connectivity index (χ0) is 10.7. The molecular weight excluding hydrogens is 206 g/mol. The lowest BCUT2D eigenvalue weighted by Gasteiger charge is -2.02. The molecule has 2 N–H and O–H groups in total. The summed E-state index contributed by atoms with van der Waals surface area (Å²) in [6, 6.07) is 5.86. The molecule has 1 atom stereocenters. The smallest absolute Gasteiger partial charge is 0.110 e. The first kappa shape index (κ1) is 10.3. The Hall–Kier alpha value is -1.26. The first-order valence-corrected chi connectivity index (χ1v) is 5.81. The van der Waals surface area contributed by atoms with Gasteiger partial charge in [0, 0.05) is 11.6 Å². The van der Waals surface area contributed by atoms with Crippen LogP contribution in [0.4, 0.5) is 0 Å². The van der Waals surface area contributed by atoms with Crippen molar-refractivity contribution in [1.29, 1.82) is 0 Å². The van der Waals surface area contributed by atoms with Gasteiger partial charge in [-0.05, 0) is 18.6 Å². The fraction of sp³-hybridized carbons (Fsp3) is 0.273. The zero-order valence-electron chi connectivity index (χ0n) is 8.55. The molecule has 0 amide bonds. The molecule has 3 nitrogen and oxygen atoms in total. The second-order valence-electron chi connectivity index (χ2n) is 3.30. The Morgan fingerprint density at radius 1 is 1.40 bits per heavy atom. The fourth-order valence-electron chi connectivity index (χ4n) is 1.26. The van der Waals surface area contributed by atoms with Gasteiger partial charge < -0.3 is 5.73 Å². The van der Waals surface area contributed by atoms with Crippen LogP contribution in [0.15, 0.2) is 29.8 Å². The summed E-state index contributed by atoms with van der Waals surface area (Å²) in [5.74, 6) is 0. The van der Waals surface area contributed by atoms with Gasteiger partial charge in [0.05, 0.1) is 17.4 Å². The highest BCUT2D eigenvalue weighted by Gasteiger charge is 2.10. The third kappa shape index (κ3) is 2.22. The molecule has 78 valence electrons. The Bertz CT molecular complexity index is 424. The van der Waals surface area contributed by atoms with E-state index in [-0.39, 0.29) is 6.04 Å². The number of hydrogen-bond donors (Lipinski definition) is 1. The Kier molecular flexibility index (Phi) is 3.08. The summed E-state index contributed by atoms with van der Waals surface area (Å²) in [4.78, 5) is 8.73. The van der Waals surface area contributed by atoms with Crippen LogP contribution in [0, 0.1) is 0 Å². The maximum absolute atomic E-state index is 5.91. The van der Waals surface area contributed by atoms with E-state index in [4.69, 9.17) is 5.73 Å². The molecule has 0 aliphatic heterocycles. The van der Waals surface area contributed by atoms with E-state index in [0.29, 0.717) is 0 Å². The average Bonchev–Trinajstić information content (AvgIpc) is 2.78. The number of aromatic nitrogens is 2. The van der Waals surface area contributed by atoms with E-state index in [9.17, 15) is 0 Å². The van der Waals surface area contributed by atoms with E-state index in [1.807, 2.05) is 23.6 Å². The molecule has 4 heteroatoms. The van der Waals surface area contributed by atoms with Crippen molar-refractivity contribution >= 4 is 11.3 Å². The van der Waals surface area contributed by atoms with Crippen LogP contribution >= 0.6 is 11.3 Å². The van der Waals surface area contributed by atoms with Gasteiger partial charge >= 0.3 is 0 Å². The SMILES string of the molecule is CCC(N)c1nc(-c2ccccn2)cs1. The molecule has 0 aliphatic rings. The maximum Gasteiger partial charge on any atom is 0.110 e. The van der Waals surface area contributed by atoms with Gasteiger partial charge in [-0.3, -0.25) is 4.98 Å². The van der Waals surface area contributed by atoms with E-state index in [1.165, 1.54) is 0 Å². The van der Waals surface area contributed by atoms with Crippen LogP contribution in [0.2, 0.25) is 0 Å². The molecule has 2 rings (SSSR count). The van der Waals surface area contributed by atoms with Crippen LogP contribution in [0.3, 0.4) is 0 Å². The van der Waals surface area contributed by atoms with Crippen molar-refractivity contribution in [3.8, 4) is 11.4 Å². The average molecular weight is 219 g/mol. The van der Waals surface area contributed by atoms with Gasteiger partial charge in [-0.25, -0.2) is 4.98 Å². The van der Waals surface area contributed by atoms with Crippen LogP contribution in [-0.4, -0.2) is 9.97 Å².